The van der Waals surface area contributed by atoms with Gasteiger partial charge < -0.3 is 4.57 Å². The van der Waals surface area contributed by atoms with Gasteiger partial charge >= 0.3 is 6.36 Å². The van der Waals surface area contributed by atoms with Crippen LogP contribution in [0, 0.1) is 0 Å². The molecule has 2 rings (SSSR count). The van der Waals surface area contributed by atoms with Crippen molar-refractivity contribution in [1.29, 1.82) is 0 Å². The third kappa shape index (κ3) is 7.51. The van der Waals surface area contributed by atoms with Crippen molar-refractivity contribution in [3.63, 3.8) is 0 Å². The van der Waals surface area contributed by atoms with Gasteiger partial charge in [0.1, 0.15) is 5.82 Å². The molecule has 1 fully saturated rings. The van der Waals surface area contributed by atoms with Crippen molar-refractivity contribution in [2.24, 2.45) is 7.05 Å². The molecular weight excluding hydrogens is 427 g/mol. The first-order valence-corrected chi connectivity index (χ1v) is 10.7. The van der Waals surface area contributed by atoms with Crippen LogP contribution in [0.25, 0.3) is 5.57 Å². The Kier molecular flexibility index (Phi) is 10.5. The second kappa shape index (κ2) is 12.1. The van der Waals surface area contributed by atoms with Crippen LogP contribution in [-0.2, 0) is 17.2 Å². The van der Waals surface area contributed by atoms with E-state index in [0.29, 0.717) is 11.4 Å². The Balaban J connectivity index is 0.00000233. The van der Waals surface area contributed by atoms with E-state index in [2.05, 4.69) is 21.5 Å². The summed E-state index contributed by atoms with van der Waals surface area (Å²) in [5, 5.41) is 8.61. The van der Waals surface area contributed by atoms with Crippen LogP contribution in [0.4, 0.5) is 13.2 Å². The van der Waals surface area contributed by atoms with Crippen LogP contribution in [-0.4, -0.2) is 33.1 Å². The SMILES string of the molecule is C=C/C=C(\C=C/COC(F)(F)F)c1nnc(C2(C(/C=C\C(C)Cl)=C/C)CC2)n1C.CC. The van der Waals surface area contributed by atoms with E-state index in [-0.39, 0.29) is 10.8 Å². The number of hydrogen-bond acceptors (Lipinski definition) is 3. The van der Waals surface area contributed by atoms with Gasteiger partial charge in [0.2, 0.25) is 0 Å². The molecule has 1 aromatic heterocycles. The number of alkyl halides is 4. The molecule has 0 saturated heterocycles. The van der Waals surface area contributed by atoms with Crippen molar-refractivity contribution >= 4 is 17.2 Å². The van der Waals surface area contributed by atoms with Gasteiger partial charge in [-0.3, -0.25) is 4.74 Å². The third-order valence-electron chi connectivity index (χ3n) is 4.65. The monoisotopic (exact) mass is 457 g/mol. The van der Waals surface area contributed by atoms with E-state index in [1.165, 1.54) is 12.2 Å². The summed E-state index contributed by atoms with van der Waals surface area (Å²) in [5.41, 5.74) is 1.49. The fraction of sp³-hybridized carbons (Fsp3) is 0.478. The number of rotatable bonds is 9. The molecule has 4 nitrogen and oxygen atoms in total. The van der Waals surface area contributed by atoms with Crippen LogP contribution in [0.1, 0.15) is 52.2 Å². The van der Waals surface area contributed by atoms with Crippen molar-refractivity contribution < 1.29 is 17.9 Å². The molecular formula is C23H31ClF3N3O. The Hall–Kier alpha value is -2.12. The molecule has 1 saturated carbocycles. The number of hydrogen-bond donors (Lipinski definition) is 0. The molecule has 31 heavy (non-hydrogen) atoms. The van der Waals surface area contributed by atoms with Gasteiger partial charge in [-0.05, 0) is 32.3 Å². The van der Waals surface area contributed by atoms with Crippen molar-refractivity contribution in [3.8, 4) is 0 Å². The lowest BCUT2D eigenvalue weighted by molar-refractivity contribution is -0.319. The highest BCUT2D eigenvalue weighted by atomic mass is 35.5. The largest absolute Gasteiger partial charge is 0.522 e. The van der Waals surface area contributed by atoms with E-state index in [1.807, 2.05) is 57.5 Å². The molecule has 1 unspecified atom stereocenters. The molecule has 8 heteroatoms. The first kappa shape index (κ1) is 26.9. The highest BCUT2D eigenvalue weighted by Gasteiger charge is 2.50. The predicted molar refractivity (Wildman–Crippen MR) is 121 cm³/mol. The summed E-state index contributed by atoms with van der Waals surface area (Å²) in [6, 6.07) is 0. The Labute approximate surface area is 187 Å². The Morgan fingerprint density at radius 1 is 1.29 bits per heavy atom. The molecule has 172 valence electrons. The molecule has 0 aliphatic heterocycles. The van der Waals surface area contributed by atoms with E-state index < -0.39 is 13.0 Å². The summed E-state index contributed by atoms with van der Waals surface area (Å²) in [7, 11) is 1.85. The van der Waals surface area contributed by atoms with Gasteiger partial charge in [-0.15, -0.1) is 35.0 Å². The average Bonchev–Trinajstić information content (AvgIpc) is 3.41. The van der Waals surface area contributed by atoms with Crippen LogP contribution >= 0.6 is 11.6 Å². The number of aromatic nitrogens is 3. The average molecular weight is 458 g/mol. The summed E-state index contributed by atoms with van der Waals surface area (Å²) >= 11 is 6.04. The minimum absolute atomic E-state index is 0.0815. The summed E-state index contributed by atoms with van der Waals surface area (Å²) < 4.78 is 42.1. The molecule has 1 atom stereocenters. The zero-order chi connectivity index (χ0) is 23.7. The van der Waals surface area contributed by atoms with E-state index in [9.17, 15) is 13.2 Å². The first-order valence-electron chi connectivity index (χ1n) is 10.2. The fourth-order valence-corrected chi connectivity index (χ4v) is 3.25. The maximum atomic E-state index is 12.1. The summed E-state index contributed by atoms with van der Waals surface area (Å²) in [6.07, 6.45) is 9.24. The van der Waals surface area contributed by atoms with Crippen molar-refractivity contribution in [1.82, 2.24) is 14.8 Å². The second-order valence-electron chi connectivity index (χ2n) is 6.79. The molecule has 1 heterocycles. The number of nitrogens with zero attached hydrogens (tertiary/aromatic N) is 3. The van der Waals surface area contributed by atoms with Gasteiger partial charge in [-0.2, -0.15) is 0 Å². The van der Waals surface area contributed by atoms with Crippen LogP contribution in [0.5, 0.6) is 0 Å². The lowest BCUT2D eigenvalue weighted by atomic mass is 9.93. The summed E-state index contributed by atoms with van der Waals surface area (Å²) in [6.45, 7) is 10.9. The zero-order valence-electron chi connectivity index (χ0n) is 18.7. The van der Waals surface area contributed by atoms with Gasteiger partial charge in [0, 0.05) is 18.0 Å². The van der Waals surface area contributed by atoms with Gasteiger partial charge in [-0.25, -0.2) is 0 Å². The number of ether oxygens (including phenoxy) is 1. The molecule has 1 aliphatic rings. The van der Waals surface area contributed by atoms with E-state index >= 15 is 0 Å². The Bertz CT molecular complexity index is 845. The fourth-order valence-electron chi connectivity index (χ4n) is 3.18. The topological polar surface area (TPSA) is 39.9 Å². The van der Waals surface area contributed by atoms with Crippen LogP contribution in [0.15, 0.2) is 54.7 Å². The molecule has 0 spiro atoms. The minimum atomic E-state index is -4.67. The highest BCUT2D eigenvalue weighted by molar-refractivity contribution is 6.21. The highest BCUT2D eigenvalue weighted by Crippen LogP contribution is 2.53. The van der Waals surface area contributed by atoms with E-state index in [0.717, 1.165) is 24.2 Å². The molecule has 1 aromatic rings. The van der Waals surface area contributed by atoms with Crippen molar-refractivity contribution in [2.45, 2.75) is 57.7 Å². The van der Waals surface area contributed by atoms with Crippen molar-refractivity contribution in [2.75, 3.05) is 6.61 Å². The van der Waals surface area contributed by atoms with Gasteiger partial charge in [0.25, 0.3) is 0 Å². The summed E-state index contributed by atoms with van der Waals surface area (Å²) in [4.78, 5) is 0. The normalized spacial score (nSPS) is 17.6. The molecule has 0 amide bonds. The molecule has 0 N–H and O–H groups in total. The third-order valence-corrected chi connectivity index (χ3v) is 4.80. The van der Waals surface area contributed by atoms with E-state index in [1.54, 1.807) is 12.2 Å². The predicted octanol–water partition coefficient (Wildman–Crippen LogP) is 6.66. The molecule has 0 aromatic carbocycles. The molecule has 1 aliphatic carbocycles. The van der Waals surface area contributed by atoms with Gasteiger partial charge in [0.15, 0.2) is 5.82 Å². The van der Waals surface area contributed by atoms with Gasteiger partial charge in [0.05, 0.1) is 12.0 Å². The number of halogens is 4. The molecule has 0 bridgehead atoms. The maximum Gasteiger partial charge on any atom is 0.522 e. The molecule has 0 radical (unpaired) electrons. The summed E-state index contributed by atoms with van der Waals surface area (Å²) in [5.74, 6) is 1.35. The number of allylic oxidation sites excluding steroid dienone is 8. The maximum absolute atomic E-state index is 12.1. The zero-order valence-corrected chi connectivity index (χ0v) is 19.5. The minimum Gasteiger partial charge on any atom is -0.313 e. The smallest absolute Gasteiger partial charge is 0.313 e. The van der Waals surface area contributed by atoms with Crippen molar-refractivity contribution in [3.05, 3.63) is 66.3 Å². The lowest BCUT2D eigenvalue weighted by Crippen LogP contribution is -2.16. The van der Waals surface area contributed by atoms with Crippen LogP contribution < -0.4 is 0 Å². The Morgan fingerprint density at radius 3 is 2.42 bits per heavy atom. The van der Waals surface area contributed by atoms with E-state index in [4.69, 9.17) is 11.6 Å². The van der Waals surface area contributed by atoms with Crippen LogP contribution in [0.3, 0.4) is 0 Å². The standard InChI is InChI=1S/C21H25ClF3N3O.C2H6/c1-5-8-16(9-7-14-29-21(23,24)25)18-26-27-19(28(18)4)20(12-13-20)17(6-2)11-10-15(3)22;1-2/h5-11,15H,1,12-14H2,2-4H3;1-2H3/b9-7-,11-10-,16-8+,17-6+;. The lowest BCUT2D eigenvalue weighted by Gasteiger charge is -2.17. The second-order valence-corrected chi connectivity index (χ2v) is 7.47. The first-order chi connectivity index (χ1) is 14.6. The quantitative estimate of drug-likeness (QED) is 0.307. The van der Waals surface area contributed by atoms with Crippen LogP contribution in [0.2, 0.25) is 0 Å². The van der Waals surface area contributed by atoms with Gasteiger partial charge in [-0.1, -0.05) is 63.0 Å². The Morgan fingerprint density at radius 2 is 1.94 bits per heavy atom.